The highest BCUT2D eigenvalue weighted by Crippen LogP contribution is 2.42. The summed E-state index contributed by atoms with van der Waals surface area (Å²) < 4.78 is 1.72. The molecule has 0 saturated carbocycles. The van der Waals surface area contributed by atoms with Crippen molar-refractivity contribution in [2.24, 2.45) is 0 Å². The van der Waals surface area contributed by atoms with Crippen molar-refractivity contribution >= 4 is 17.3 Å². The fourth-order valence-corrected chi connectivity index (χ4v) is 4.89. The molecule has 2 aliphatic heterocycles. The van der Waals surface area contributed by atoms with Gasteiger partial charge in [-0.15, -0.1) is 0 Å². The monoisotopic (exact) mass is 392 g/mol. The normalized spacial score (nSPS) is 18.2. The zero-order valence-corrected chi connectivity index (χ0v) is 16.5. The quantitative estimate of drug-likeness (QED) is 0.723. The number of carbonyl (C=O) groups excluding carboxylic acids is 2. The zero-order chi connectivity index (χ0) is 20.0. The van der Waals surface area contributed by atoms with Gasteiger partial charge < -0.3 is 14.8 Å². The van der Waals surface area contributed by atoms with E-state index in [0.29, 0.717) is 44.5 Å². The maximum atomic E-state index is 13.2. The van der Waals surface area contributed by atoms with E-state index in [2.05, 4.69) is 15.1 Å². The van der Waals surface area contributed by atoms with E-state index in [1.165, 1.54) is 0 Å². The molecule has 1 N–H and O–H groups in total. The molecule has 2 aliphatic rings. The molecule has 0 bridgehead atoms. The van der Waals surface area contributed by atoms with Crippen LogP contribution in [-0.2, 0) is 16.8 Å². The number of carbonyl (C=O) groups is 2. The number of rotatable bonds is 2. The van der Waals surface area contributed by atoms with Crippen LogP contribution in [0.15, 0.2) is 36.9 Å². The van der Waals surface area contributed by atoms with Crippen molar-refractivity contribution in [2.45, 2.75) is 38.1 Å². The van der Waals surface area contributed by atoms with Crippen LogP contribution < -0.4 is 0 Å². The average molecular weight is 392 g/mol. The first-order chi connectivity index (χ1) is 14.1. The van der Waals surface area contributed by atoms with Crippen molar-refractivity contribution in [3.63, 3.8) is 0 Å². The number of likely N-dealkylation sites (tertiary alicyclic amines) is 1. The summed E-state index contributed by atoms with van der Waals surface area (Å²) in [4.78, 5) is 37.6. The molecule has 29 heavy (non-hydrogen) atoms. The number of hydrogen-bond acceptors (Lipinski definition) is 4. The lowest BCUT2D eigenvalue weighted by atomic mass is 9.78. The first-order valence-corrected chi connectivity index (χ1v) is 10.2. The van der Waals surface area contributed by atoms with Crippen molar-refractivity contribution < 1.29 is 9.59 Å². The lowest BCUT2D eigenvalue weighted by molar-refractivity contribution is -0.141. The van der Waals surface area contributed by atoms with Gasteiger partial charge in [-0.1, -0.05) is 13.0 Å². The fraction of sp³-hybridized carbons (Fsp3) is 0.429. The molecule has 2 amide bonds. The van der Waals surface area contributed by atoms with Gasteiger partial charge in [-0.25, -0.2) is 9.50 Å². The molecule has 1 saturated heterocycles. The van der Waals surface area contributed by atoms with Crippen molar-refractivity contribution in [2.75, 3.05) is 19.6 Å². The molecule has 3 aromatic heterocycles. The molecule has 5 rings (SSSR count). The van der Waals surface area contributed by atoms with Crippen LogP contribution in [0.1, 0.15) is 47.9 Å². The predicted octanol–water partition coefficient (Wildman–Crippen LogP) is 1.98. The summed E-state index contributed by atoms with van der Waals surface area (Å²) in [5.74, 6) is 0.147. The molecule has 0 radical (unpaired) electrons. The maximum Gasteiger partial charge on any atom is 0.257 e. The summed E-state index contributed by atoms with van der Waals surface area (Å²) in [6.45, 7) is 3.77. The van der Waals surface area contributed by atoms with Gasteiger partial charge in [-0.2, -0.15) is 5.10 Å². The summed E-state index contributed by atoms with van der Waals surface area (Å²) in [6, 6.07) is 5.71. The van der Waals surface area contributed by atoms with Gasteiger partial charge in [-0.3, -0.25) is 9.59 Å². The number of amides is 2. The third-order valence-corrected chi connectivity index (χ3v) is 6.40. The van der Waals surface area contributed by atoms with E-state index in [-0.39, 0.29) is 11.8 Å². The van der Waals surface area contributed by atoms with Crippen LogP contribution >= 0.6 is 0 Å². The predicted molar refractivity (Wildman–Crippen MR) is 106 cm³/mol. The number of imidazole rings is 1. The number of pyridine rings is 1. The van der Waals surface area contributed by atoms with E-state index in [1.807, 2.05) is 41.1 Å². The maximum absolute atomic E-state index is 13.2. The van der Waals surface area contributed by atoms with Crippen LogP contribution in [0.3, 0.4) is 0 Å². The Kier molecular flexibility index (Phi) is 4.15. The van der Waals surface area contributed by atoms with Crippen LogP contribution in [0.5, 0.6) is 0 Å². The standard InChI is InChI=1S/C21H24N6O2/c1-2-18(28)26-10-6-16-19(23-14-22-16)21(26)7-11-25(12-8-21)20(29)15-13-24-27-9-4-3-5-17(15)27/h3-5,9,13-14H,2,6-8,10-12H2,1H3,(H,22,23). The second kappa shape index (κ2) is 6.72. The van der Waals surface area contributed by atoms with E-state index in [4.69, 9.17) is 0 Å². The molecule has 8 heteroatoms. The van der Waals surface area contributed by atoms with Crippen molar-refractivity contribution in [1.82, 2.24) is 29.4 Å². The van der Waals surface area contributed by atoms with Crippen molar-refractivity contribution in [3.05, 3.63) is 53.9 Å². The minimum Gasteiger partial charge on any atom is -0.348 e. The Morgan fingerprint density at radius 2 is 2.03 bits per heavy atom. The molecular weight excluding hydrogens is 368 g/mol. The van der Waals surface area contributed by atoms with Gasteiger partial charge in [0.25, 0.3) is 5.91 Å². The van der Waals surface area contributed by atoms with E-state index < -0.39 is 5.54 Å². The van der Waals surface area contributed by atoms with E-state index in [0.717, 1.165) is 23.3 Å². The summed E-state index contributed by atoms with van der Waals surface area (Å²) in [5.41, 5.74) is 3.11. The Morgan fingerprint density at radius 1 is 1.21 bits per heavy atom. The largest absolute Gasteiger partial charge is 0.348 e. The van der Waals surface area contributed by atoms with Gasteiger partial charge in [-0.05, 0) is 25.0 Å². The Bertz CT molecular complexity index is 1080. The lowest BCUT2D eigenvalue weighted by Gasteiger charge is -2.50. The van der Waals surface area contributed by atoms with Crippen molar-refractivity contribution in [3.8, 4) is 0 Å². The number of fused-ring (bicyclic) bond motifs is 3. The third kappa shape index (κ3) is 2.66. The smallest absolute Gasteiger partial charge is 0.257 e. The SMILES string of the molecule is CCC(=O)N1CCc2[nH]cnc2C12CCN(C(=O)c1cnn3ccccc13)CC2. The number of H-pyrrole nitrogens is 1. The number of hydrogen-bond donors (Lipinski definition) is 1. The molecule has 8 nitrogen and oxygen atoms in total. The first kappa shape index (κ1) is 17.9. The lowest BCUT2D eigenvalue weighted by Crippen LogP contribution is -2.58. The highest BCUT2D eigenvalue weighted by Gasteiger charge is 2.48. The molecule has 0 unspecified atom stereocenters. The van der Waals surface area contributed by atoms with E-state index >= 15 is 0 Å². The van der Waals surface area contributed by atoms with Crippen LogP contribution in [0, 0.1) is 0 Å². The Balaban J connectivity index is 1.42. The van der Waals surface area contributed by atoms with Crippen LogP contribution in [-0.4, -0.2) is 60.8 Å². The Labute approximate surface area is 168 Å². The van der Waals surface area contributed by atoms with Gasteiger partial charge in [0.15, 0.2) is 0 Å². The summed E-state index contributed by atoms with van der Waals surface area (Å²) in [7, 11) is 0. The molecule has 1 fully saturated rings. The van der Waals surface area contributed by atoms with Gasteiger partial charge in [0.2, 0.25) is 5.91 Å². The minimum atomic E-state index is -0.418. The number of nitrogens with one attached hydrogen (secondary N) is 1. The zero-order valence-electron chi connectivity index (χ0n) is 16.5. The first-order valence-electron chi connectivity index (χ1n) is 10.2. The molecule has 5 heterocycles. The van der Waals surface area contributed by atoms with Crippen LogP contribution in [0.2, 0.25) is 0 Å². The minimum absolute atomic E-state index is 0.00696. The average Bonchev–Trinajstić information content (AvgIpc) is 3.41. The summed E-state index contributed by atoms with van der Waals surface area (Å²) in [6.07, 6.45) is 7.88. The number of aromatic nitrogens is 4. The number of aromatic amines is 1. The van der Waals surface area contributed by atoms with Gasteiger partial charge in [0.1, 0.15) is 0 Å². The van der Waals surface area contributed by atoms with Crippen LogP contribution in [0.4, 0.5) is 0 Å². The molecule has 0 atom stereocenters. The summed E-state index contributed by atoms with van der Waals surface area (Å²) >= 11 is 0. The van der Waals surface area contributed by atoms with Crippen LogP contribution in [0.25, 0.3) is 5.52 Å². The molecule has 150 valence electrons. The van der Waals surface area contributed by atoms with E-state index in [9.17, 15) is 9.59 Å². The van der Waals surface area contributed by atoms with Gasteiger partial charge >= 0.3 is 0 Å². The highest BCUT2D eigenvalue weighted by molar-refractivity contribution is 6.00. The van der Waals surface area contributed by atoms with Gasteiger partial charge in [0, 0.05) is 44.4 Å². The second-order valence-electron chi connectivity index (χ2n) is 7.79. The molecule has 0 aliphatic carbocycles. The third-order valence-electron chi connectivity index (χ3n) is 6.40. The fourth-order valence-electron chi connectivity index (χ4n) is 4.89. The molecular formula is C21H24N6O2. The van der Waals surface area contributed by atoms with E-state index in [1.54, 1.807) is 17.0 Å². The molecule has 1 spiro atoms. The highest BCUT2D eigenvalue weighted by atomic mass is 16.2. The number of nitrogens with zero attached hydrogens (tertiary/aromatic N) is 5. The second-order valence-corrected chi connectivity index (χ2v) is 7.79. The topological polar surface area (TPSA) is 86.6 Å². The molecule has 0 aromatic carbocycles. The van der Waals surface area contributed by atoms with Crippen molar-refractivity contribution in [1.29, 1.82) is 0 Å². The molecule has 3 aromatic rings. The Hall–Kier alpha value is -3.16. The number of piperidine rings is 1. The van der Waals surface area contributed by atoms with Gasteiger partial charge in [0.05, 0.1) is 34.8 Å². The Morgan fingerprint density at radius 3 is 2.83 bits per heavy atom. The summed E-state index contributed by atoms with van der Waals surface area (Å²) in [5, 5.41) is 4.29.